The van der Waals surface area contributed by atoms with Crippen molar-refractivity contribution in [3.63, 3.8) is 0 Å². The molecular weight excluding hydrogens is 148 g/mol. The Morgan fingerprint density at radius 2 is 2.25 bits per heavy atom. The van der Waals surface area contributed by atoms with Crippen LogP contribution in [0, 0.1) is 23.2 Å². The summed E-state index contributed by atoms with van der Waals surface area (Å²) in [4.78, 5) is 0. The molecule has 0 aromatic carbocycles. The number of nitrogens with one attached hydrogen (secondary N) is 1. The van der Waals surface area contributed by atoms with E-state index in [2.05, 4.69) is 18.3 Å². The Bertz CT molecular complexity index is 167. The Labute approximate surface area is 75.0 Å². The van der Waals surface area contributed by atoms with Gasteiger partial charge < -0.3 is 5.32 Å². The Hall–Kier alpha value is -0.550. The van der Waals surface area contributed by atoms with Gasteiger partial charge in [0.1, 0.15) is 0 Å². The summed E-state index contributed by atoms with van der Waals surface area (Å²) < 4.78 is 0. The molecule has 0 radical (unpaired) electrons. The van der Waals surface area contributed by atoms with E-state index < -0.39 is 0 Å². The van der Waals surface area contributed by atoms with Crippen molar-refractivity contribution in [3.8, 4) is 6.07 Å². The van der Waals surface area contributed by atoms with Gasteiger partial charge in [-0.15, -0.1) is 0 Å². The van der Waals surface area contributed by atoms with E-state index in [1.807, 2.05) is 6.92 Å². The Morgan fingerprint density at radius 1 is 1.58 bits per heavy atom. The van der Waals surface area contributed by atoms with Crippen LogP contribution in [0.15, 0.2) is 0 Å². The molecule has 0 bridgehead atoms. The third-order valence-corrected chi connectivity index (χ3v) is 2.68. The molecule has 12 heavy (non-hydrogen) atoms. The Morgan fingerprint density at radius 3 is 2.67 bits per heavy atom. The second-order valence-electron chi connectivity index (χ2n) is 3.81. The third kappa shape index (κ3) is 2.83. The normalized spacial score (nSPS) is 21.4. The first-order valence-electron chi connectivity index (χ1n) is 4.91. The number of nitriles is 1. The quantitative estimate of drug-likeness (QED) is 0.677. The van der Waals surface area contributed by atoms with Crippen molar-refractivity contribution in [1.82, 2.24) is 5.32 Å². The van der Waals surface area contributed by atoms with Crippen LogP contribution in [0.4, 0.5) is 0 Å². The molecule has 1 fully saturated rings. The molecule has 1 N–H and O–H groups in total. The van der Waals surface area contributed by atoms with E-state index in [1.54, 1.807) is 0 Å². The standard InChI is InChI=1S/C10H18N2/c1-3-10(6-11)12-7-8(2)9-4-5-9/h8-10,12H,3-5,7H2,1-2H3. The van der Waals surface area contributed by atoms with Gasteiger partial charge in [-0.2, -0.15) is 5.26 Å². The molecule has 0 aliphatic heterocycles. The molecule has 1 saturated carbocycles. The lowest BCUT2D eigenvalue weighted by atomic mass is 10.1. The maximum absolute atomic E-state index is 8.68. The fraction of sp³-hybridized carbons (Fsp3) is 0.900. The number of hydrogen-bond acceptors (Lipinski definition) is 2. The first kappa shape index (κ1) is 9.54. The van der Waals surface area contributed by atoms with Gasteiger partial charge in [-0.05, 0) is 37.6 Å². The smallest absolute Gasteiger partial charge is 0.0950 e. The van der Waals surface area contributed by atoms with E-state index in [0.29, 0.717) is 0 Å². The van der Waals surface area contributed by atoms with Gasteiger partial charge in [-0.25, -0.2) is 0 Å². The molecule has 0 aromatic heterocycles. The van der Waals surface area contributed by atoms with E-state index in [1.165, 1.54) is 12.8 Å². The van der Waals surface area contributed by atoms with Gasteiger partial charge in [0.25, 0.3) is 0 Å². The summed E-state index contributed by atoms with van der Waals surface area (Å²) in [5.41, 5.74) is 0. The Kier molecular flexibility index (Phi) is 3.55. The average Bonchev–Trinajstić information content (AvgIpc) is 2.88. The van der Waals surface area contributed by atoms with Gasteiger partial charge in [0, 0.05) is 0 Å². The van der Waals surface area contributed by atoms with Crippen molar-refractivity contribution in [2.24, 2.45) is 11.8 Å². The fourth-order valence-electron chi connectivity index (χ4n) is 1.44. The van der Waals surface area contributed by atoms with Crippen LogP contribution in [0.5, 0.6) is 0 Å². The molecule has 0 aromatic rings. The van der Waals surface area contributed by atoms with Crippen LogP contribution in [0.1, 0.15) is 33.1 Å². The monoisotopic (exact) mass is 166 g/mol. The molecule has 1 aliphatic carbocycles. The van der Waals surface area contributed by atoms with Crippen molar-refractivity contribution < 1.29 is 0 Å². The zero-order valence-corrected chi connectivity index (χ0v) is 8.01. The highest BCUT2D eigenvalue weighted by molar-refractivity contribution is 4.90. The van der Waals surface area contributed by atoms with Gasteiger partial charge >= 0.3 is 0 Å². The summed E-state index contributed by atoms with van der Waals surface area (Å²) in [6.45, 7) is 5.33. The molecule has 1 rings (SSSR count). The second-order valence-corrected chi connectivity index (χ2v) is 3.81. The number of rotatable bonds is 5. The minimum Gasteiger partial charge on any atom is -0.302 e. The molecule has 2 heteroatoms. The molecule has 2 atom stereocenters. The van der Waals surface area contributed by atoms with Crippen molar-refractivity contribution in [3.05, 3.63) is 0 Å². The summed E-state index contributed by atoms with van der Waals surface area (Å²) in [6, 6.07) is 2.32. The van der Waals surface area contributed by atoms with Crippen molar-refractivity contribution >= 4 is 0 Å². The molecule has 2 nitrogen and oxygen atoms in total. The molecule has 1 aliphatic rings. The number of nitrogens with zero attached hydrogens (tertiary/aromatic N) is 1. The predicted molar refractivity (Wildman–Crippen MR) is 49.6 cm³/mol. The minimum atomic E-state index is 0.0613. The molecule has 68 valence electrons. The predicted octanol–water partition coefficient (Wildman–Crippen LogP) is 1.92. The van der Waals surface area contributed by atoms with Gasteiger partial charge in [-0.3, -0.25) is 0 Å². The minimum absolute atomic E-state index is 0.0613. The van der Waals surface area contributed by atoms with Gasteiger partial charge in [0.05, 0.1) is 12.1 Å². The molecule has 0 amide bonds. The molecule has 0 heterocycles. The zero-order chi connectivity index (χ0) is 8.97. The highest BCUT2D eigenvalue weighted by Crippen LogP contribution is 2.36. The summed E-state index contributed by atoms with van der Waals surface area (Å²) in [5.74, 6) is 1.70. The first-order chi connectivity index (χ1) is 5.77. The molecule has 0 spiro atoms. The topological polar surface area (TPSA) is 35.8 Å². The summed E-state index contributed by atoms with van der Waals surface area (Å²) in [5, 5.41) is 12.0. The van der Waals surface area contributed by atoms with Crippen LogP contribution in [-0.2, 0) is 0 Å². The molecule has 2 unspecified atom stereocenters. The van der Waals surface area contributed by atoms with Crippen LogP contribution >= 0.6 is 0 Å². The summed E-state index contributed by atoms with van der Waals surface area (Å²) >= 11 is 0. The molecule has 0 saturated heterocycles. The summed E-state index contributed by atoms with van der Waals surface area (Å²) in [6.07, 6.45) is 3.70. The van der Waals surface area contributed by atoms with E-state index in [0.717, 1.165) is 24.8 Å². The van der Waals surface area contributed by atoms with Crippen molar-refractivity contribution in [1.29, 1.82) is 5.26 Å². The van der Waals surface area contributed by atoms with E-state index in [9.17, 15) is 0 Å². The maximum Gasteiger partial charge on any atom is 0.0950 e. The lowest BCUT2D eigenvalue weighted by Crippen LogP contribution is -2.31. The van der Waals surface area contributed by atoms with Crippen LogP contribution in [-0.4, -0.2) is 12.6 Å². The largest absolute Gasteiger partial charge is 0.302 e. The van der Waals surface area contributed by atoms with Gasteiger partial charge in [-0.1, -0.05) is 13.8 Å². The van der Waals surface area contributed by atoms with Crippen LogP contribution in [0.2, 0.25) is 0 Å². The van der Waals surface area contributed by atoms with E-state index >= 15 is 0 Å². The zero-order valence-electron chi connectivity index (χ0n) is 8.01. The lowest BCUT2D eigenvalue weighted by molar-refractivity contribution is 0.439. The van der Waals surface area contributed by atoms with Gasteiger partial charge in [0.2, 0.25) is 0 Å². The highest BCUT2D eigenvalue weighted by atomic mass is 14.9. The van der Waals surface area contributed by atoms with E-state index in [4.69, 9.17) is 5.26 Å². The Balaban J connectivity index is 2.10. The molecular formula is C10H18N2. The van der Waals surface area contributed by atoms with Crippen LogP contribution in [0.25, 0.3) is 0 Å². The SMILES string of the molecule is CCC(C#N)NCC(C)C1CC1. The van der Waals surface area contributed by atoms with E-state index in [-0.39, 0.29) is 6.04 Å². The third-order valence-electron chi connectivity index (χ3n) is 2.68. The lowest BCUT2D eigenvalue weighted by Gasteiger charge is -2.13. The second kappa shape index (κ2) is 4.47. The maximum atomic E-state index is 8.68. The van der Waals surface area contributed by atoms with Crippen molar-refractivity contribution in [2.75, 3.05) is 6.54 Å². The highest BCUT2D eigenvalue weighted by Gasteiger charge is 2.27. The fourth-order valence-corrected chi connectivity index (χ4v) is 1.44. The number of hydrogen-bond donors (Lipinski definition) is 1. The first-order valence-corrected chi connectivity index (χ1v) is 4.91. The van der Waals surface area contributed by atoms with Gasteiger partial charge in [0.15, 0.2) is 0 Å². The van der Waals surface area contributed by atoms with Crippen LogP contribution in [0.3, 0.4) is 0 Å². The van der Waals surface area contributed by atoms with Crippen molar-refractivity contribution in [2.45, 2.75) is 39.2 Å². The average molecular weight is 166 g/mol. The summed E-state index contributed by atoms with van der Waals surface area (Å²) in [7, 11) is 0. The van der Waals surface area contributed by atoms with Crippen LogP contribution < -0.4 is 5.32 Å².